The molecular weight excluding hydrogens is 194 g/mol. The van der Waals surface area contributed by atoms with Crippen molar-refractivity contribution >= 4 is 10.4 Å². The van der Waals surface area contributed by atoms with E-state index in [9.17, 15) is 12.8 Å². The summed E-state index contributed by atoms with van der Waals surface area (Å²) in [4.78, 5) is 0. The molecule has 7 heteroatoms. The number of halogens is 1. The zero-order chi connectivity index (χ0) is 9.19. The van der Waals surface area contributed by atoms with Crippen molar-refractivity contribution in [2.45, 2.75) is 0 Å². The van der Waals surface area contributed by atoms with E-state index in [-0.39, 0.29) is 20.3 Å². The molecule has 1 rings (SSSR count). The summed E-state index contributed by atoms with van der Waals surface area (Å²) in [5, 5.41) is 0. The zero-order valence-corrected chi connectivity index (χ0v) is 7.58. The van der Waals surface area contributed by atoms with Gasteiger partial charge in [-0.3, -0.25) is 4.55 Å². The molecule has 0 saturated heterocycles. The van der Waals surface area contributed by atoms with Gasteiger partial charge in [-0.2, -0.15) is 8.42 Å². The van der Waals surface area contributed by atoms with Crippen LogP contribution in [0.1, 0.15) is 1.43 Å². The van der Waals surface area contributed by atoms with E-state index < -0.39 is 22.0 Å². The molecule has 0 fully saturated rings. The maximum atomic E-state index is 12.6. The summed E-state index contributed by atoms with van der Waals surface area (Å²) in [6, 6.07) is 4.85. The van der Waals surface area contributed by atoms with E-state index in [0.717, 1.165) is 12.1 Å². The number of hydrogen-bond donors (Lipinski definition) is 1. The quantitative estimate of drug-likeness (QED) is 0.448. The fourth-order valence-electron chi connectivity index (χ4n) is 0.626. The molecule has 0 saturated carbocycles. The van der Waals surface area contributed by atoms with E-state index in [1.165, 1.54) is 12.1 Å². The second-order valence-corrected chi connectivity index (χ2v) is 2.96. The second-order valence-electron chi connectivity index (χ2n) is 1.94. The number of benzene rings is 1. The van der Waals surface area contributed by atoms with Crippen molar-refractivity contribution < 1.29 is 41.8 Å². The van der Waals surface area contributed by atoms with Gasteiger partial charge >= 0.3 is 29.3 Å². The van der Waals surface area contributed by atoms with Gasteiger partial charge in [-0.05, 0) is 12.1 Å². The first-order valence-corrected chi connectivity index (χ1v) is 4.27. The molecule has 13 heavy (non-hydrogen) atoms. The monoisotopic (exact) mass is 200 g/mol. The third kappa shape index (κ3) is 4.29. The maximum Gasteiger partial charge on any atom is 1.00 e. The third-order valence-electron chi connectivity index (χ3n) is 1.03. The van der Waals surface area contributed by atoms with Crippen molar-refractivity contribution in [3.8, 4) is 5.75 Å². The Bertz CT molecular complexity index is 383. The van der Waals surface area contributed by atoms with Gasteiger partial charge in [0.15, 0.2) is 11.6 Å². The molecule has 0 aliphatic carbocycles. The first kappa shape index (κ1) is 12.5. The Morgan fingerprint density at radius 3 is 2.38 bits per heavy atom. The Morgan fingerprint density at radius 1 is 1.38 bits per heavy atom. The standard InChI is InChI=1S/C6H5FO4S.Li.H/c7-5-3-1-2-4-6(5)11-12(8,9)10;;/h1-4H,(H,8,9,10);;/q;+1;-1. The van der Waals surface area contributed by atoms with Crippen molar-refractivity contribution in [2.24, 2.45) is 0 Å². The van der Waals surface area contributed by atoms with Crippen LogP contribution in [0.3, 0.4) is 0 Å². The summed E-state index contributed by atoms with van der Waals surface area (Å²) in [6.07, 6.45) is 0. The minimum Gasteiger partial charge on any atom is -1.00 e. The van der Waals surface area contributed by atoms with E-state index in [1.54, 1.807) is 0 Å². The van der Waals surface area contributed by atoms with Gasteiger partial charge in [0.25, 0.3) is 0 Å². The Hall–Kier alpha value is -0.543. The molecule has 68 valence electrons. The molecule has 1 aromatic rings. The Morgan fingerprint density at radius 2 is 1.92 bits per heavy atom. The first-order valence-electron chi connectivity index (χ1n) is 2.90. The van der Waals surface area contributed by atoms with Crippen molar-refractivity contribution in [1.29, 1.82) is 0 Å². The second kappa shape index (κ2) is 4.63. The van der Waals surface area contributed by atoms with Crippen LogP contribution in [0.25, 0.3) is 0 Å². The molecule has 0 atom stereocenters. The van der Waals surface area contributed by atoms with Crippen LogP contribution in [-0.2, 0) is 10.4 Å². The molecule has 1 N–H and O–H groups in total. The van der Waals surface area contributed by atoms with Crippen molar-refractivity contribution in [1.82, 2.24) is 0 Å². The van der Waals surface area contributed by atoms with Crippen LogP contribution in [0, 0.1) is 5.82 Å². The van der Waals surface area contributed by atoms with Crippen LogP contribution in [0.5, 0.6) is 5.75 Å². The van der Waals surface area contributed by atoms with E-state index in [1.807, 2.05) is 0 Å². The summed E-state index contributed by atoms with van der Waals surface area (Å²) in [5.41, 5.74) is 0. The number of para-hydroxylation sites is 1. The average molecular weight is 200 g/mol. The Balaban J connectivity index is 0. The van der Waals surface area contributed by atoms with E-state index >= 15 is 0 Å². The molecule has 0 spiro atoms. The molecular formula is C6H6FLiO4S. The van der Waals surface area contributed by atoms with Crippen LogP contribution >= 0.6 is 0 Å². The SMILES string of the molecule is O=S(=O)(O)Oc1ccccc1F.[H-].[Li+]. The molecule has 0 bridgehead atoms. The minimum absolute atomic E-state index is 0. The van der Waals surface area contributed by atoms with Gasteiger partial charge in [-0.15, -0.1) is 0 Å². The number of rotatable bonds is 2. The third-order valence-corrected chi connectivity index (χ3v) is 1.42. The molecule has 1 aromatic carbocycles. The molecule has 0 radical (unpaired) electrons. The van der Waals surface area contributed by atoms with Crippen LogP contribution in [0.2, 0.25) is 0 Å². The van der Waals surface area contributed by atoms with Gasteiger partial charge in [0, 0.05) is 0 Å². The molecule has 0 aromatic heterocycles. The van der Waals surface area contributed by atoms with Crippen LogP contribution in [-0.4, -0.2) is 13.0 Å². The molecule has 0 amide bonds. The van der Waals surface area contributed by atoms with Crippen LogP contribution in [0.15, 0.2) is 24.3 Å². The van der Waals surface area contributed by atoms with Crippen molar-refractivity contribution in [2.75, 3.05) is 0 Å². The van der Waals surface area contributed by atoms with E-state index in [4.69, 9.17) is 4.55 Å². The largest absolute Gasteiger partial charge is 1.00 e. The van der Waals surface area contributed by atoms with E-state index in [0.29, 0.717) is 0 Å². The first-order chi connectivity index (χ1) is 5.49. The van der Waals surface area contributed by atoms with Gasteiger partial charge < -0.3 is 5.61 Å². The molecule has 0 aliphatic heterocycles. The maximum absolute atomic E-state index is 12.6. The van der Waals surface area contributed by atoms with Gasteiger partial charge in [0.1, 0.15) is 0 Å². The summed E-state index contributed by atoms with van der Waals surface area (Å²) >= 11 is 0. The normalized spacial score (nSPS) is 10.3. The fourth-order valence-corrected chi connectivity index (χ4v) is 0.988. The Labute approximate surface area is 88.3 Å². The van der Waals surface area contributed by atoms with E-state index in [2.05, 4.69) is 4.18 Å². The van der Waals surface area contributed by atoms with Gasteiger partial charge in [0.05, 0.1) is 0 Å². The molecule has 0 aliphatic rings. The molecule has 0 unspecified atom stereocenters. The van der Waals surface area contributed by atoms with Gasteiger partial charge in [-0.1, -0.05) is 12.1 Å². The summed E-state index contributed by atoms with van der Waals surface area (Å²) in [5.74, 6) is -1.38. The smallest absolute Gasteiger partial charge is 1.00 e. The predicted octanol–water partition coefficient (Wildman–Crippen LogP) is -1.88. The minimum atomic E-state index is -4.64. The molecule has 4 nitrogen and oxygen atoms in total. The molecule has 0 heterocycles. The predicted molar refractivity (Wildman–Crippen MR) is 39.7 cm³/mol. The van der Waals surface area contributed by atoms with Gasteiger partial charge in [0.2, 0.25) is 0 Å². The fraction of sp³-hybridized carbons (Fsp3) is 0. The topological polar surface area (TPSA) is 63.6 Å². The van der Waals surface area contributed by atoms with Crippen molar-refractivity contribution in [3.63, 3.8) is 0 Å². The van der Waals surface area contributed by atoms with Gasteiger partial charge in [-0.25, -0.2) is 4.39 Å². The summed E-state index contributed by atoms with van der Waals surface area (Å²) in [7, 11) is -4.64. The Kier molecular flexibility index (Phi) is 4.43. The zero-order valence-electron chi connectivity index (χ0n) is 7.77. The van der Waals surface area contributed by atoms with Crippen LogP contribution in [0.4, 0.5) is 4.39 Å². The number of hydrogen-bond acceptors (Lipinski definition) is 3. The summed E-state index contributed by atoms with van der Waals surface area (Å²) < 4.78 is 44.9. The van der Waals surface area contributed by atoms with Crippen LogP contribution < -0.4 is 23.0 Å². The van der Waals surface area contributed by atoms with Crippen molar-refractivity contribution in [3.05, 3.63) is 30.1 Å². The average Bonchev–Trinajstić information content (AvgIpc) is 1.91. The summed E-state index contributed by atoms with van der Waals surface area (Å²) in [6.45, 7) is 0.